The summed E-state index contributed by atoms with van der Waals surface area (Å²) in [7, 11) is 0. The molecule has 5 nitrogen and oxygen atoms in total. The Hall–Kier alpha value is -1.14. The lowest BCUT2D eigenvalue weighted by Crippen LogP contribution is -2.33. The van der Waals surface area contributed by atoms with E-state index in [0.717, 1.165) is 35.8 Å². The Morgan fingerprint density at radius 3 is 2.94 bits per heavy atom. The number of fused-ring (bicyclic) bond motifs is 1. The summed E-state index contributed by atoms with van der Waals surface area (Å²) >= 11 is 3.44. The SMILES string of the molecule is OC1(CNc2nc3c(Br)cccn3n2)CCCC1. The molecule has 2 N–H and O–H groups in total. The van der Waals surface area contributed by atoms with E-state index in [1.54, 1.807) is 4.52 Å². The van der Waals surface area contributed by atoms with Gasteiger partial charge in [0.2, 0.25) is 5.95 Å². The Labute approximate surface area is 113 Å². The standard InChI is InChI=1S/C12H15BrN4O/c13-9-4-3-7-17-10(9)15-11(16-17)14-8-12(18)5-1-2-6-12/h3-4,7,18H,1-2,5-6,8H2,(H,14,16). The first-order valence-electron chi connectivity index (χ1n) is 6.13. The van der Waals surface area contributed by atoms with Gasteiger partial charge in [-0.25, -0.2) is 4.52 Å². The molecule has 0 radical (unpaired) electrons. The molecule has 0 bridgehead atoms. The number of rotatable bonds is 3. The molecule has 6 heteroatoms. The lowest BCUT2D eigenvalue weighted by Gasteiger charge is -2.21. The van der Waals surface area contributed by atoms with E-state index in [0.29, 0.717) is 12.5 Å². The maximum absolute atomic E-state index is 10.2. The Balaban J connectivity index is 1.77. The van der Waals surface area contributed by atoms with Crippen molar-refractivity contribution in [3.8, 4) is 0 Å². The highest BCUT2D eigenvalue weighted by molar-refractivity contribution is 9.10. The number of aliphatic hydroxyl groups is 1. The monoisotopic (exact) mass is 310 g/mol. The number of nitrogens with one attached hydrogen (secondary N) is 1. The molecule has 0 aromatic carbocycles. The van der Waals surface area contributed by atoms with E-state index in [4.69, 9.17) is 0 Å². The predicted octanol–water partition coefficient (Wildman–Crippen LogP) is 2.21. The minimum Gasteiger partial charge on any atom is -0.388 e. The highest BCUT2D eigenvalue weighted by Crippen LogP contribution is 2.29. The Morgan fingerprint density at radius 2 is 2.22 bits per heavy atom. The van der Waals surface area contributed by atoms with Crippen molar-refractivity contribution in [1.82, 2.24) is 14.6 Å². The largest absolute Gasteiger partial charge is 0.388 e. The van der Waals surface area contributed by atoms with Gasteiger partial charge in [0.15, 0.2) is 5.65 Å². The van der Waals surface area contributed by atoms with Gasteiger partial charge in [0.1, 0.15) is 0 Å². The Morgan fingerprint density at radius 1 is 1.44 bits per heavy atom. The molecule has 96 valence electrons. The summed E-state index contributed by atoms with van der Waals surface area (Å²) in [6.45, 7) is 0.515. The second kappa shape index (κ2) is 4.51. The zero-order valence-electron chi connectivity index (χ0n) is 9.93. The fourth-order valence-electron chi connectivity index (χ4n) is 2.40. The van der Waals surface area contributed by atoms with Crippen LogP contribution in [0.3, 0.4) is 0 Å². The predicted molar refractivity (Wildman–Crippen MR) is 72.6 cm³/mol. The number of pyridine rings is 1. The molecular weight excluding hydrogens is 296 g/mol. The summed E-state index contributed by atoms with van der Waals surface area (Å²) in [5.74, 6) is 0.558. The maximum Gasteiger partial charge on any atom is 0.243 e. The van der Waals surface area contributed by atoms with Crippen molar-refractivity contribution in [2.24, 2.45) is 0 Å². The second-order valence-electron chi connectivity index (χ2n) is 4.84. The summed E-state index contributed by atoms with van der Waals surface area (Å²) < 4.78 is 2.62. The van der Waals surface area contributed by atoms with Crippen LogP contribution in [0, 0.1) is 0 Å². The van der Waals surface area contributed by atoms with Crippen LogP contribution in [-0.4, -0.2) is 31.9 Å². The van der Waals surface area contributed by atoms with Crippen molar-refractivity contribution in [3.05, 3.63) is 22.8 Å². The first-order chi connectivity index (χ1) is 8.66. The first-order valence-corrected chi connectivity index (χ1v) is 6.93. The van der Waals surface area contributed by atoms with E-state index in [1.807, 2.05) is 18.3 Å². The molecule has 0 unspecified atom stereocenters. The third-order valence-electron chi connectivity index (χ3n) is 3.42. The van der Waals surface area contributed by atoms with Gasteiger partial charge in [-0.15, -0.1) is 5.10 Å². The van der Waals surface area contributed by atoms with Gasteiger partial charge in [0.05, 0.1) is 10.1 Å². The summed E-state index contributed by atoms with van der Waals surface area (Å²) in [5, 5.41) is 17.7. The molecule has 3 rings (SSSR count). The van der Waals surface area contributed by atoms with Crippen LogP contribution in [0.1, 0.15) is 25.7 Å². The molecule has 2 aromatic heterocycles. The van der Waals surface area contributed by atoms with Gasteiger partial charge in [0.25, 0.3) is 0 Å². The Kier molecular flexibility index (Phi) is 2.99. The van der Waals surface area contributed by atoms with E-state index in [-0.39, 0.29) is 0 Å². The van der Waals surface area contributed by atoms with E-state index in [9.17, 15) is 5.11 Å². The Bertz CT molecular complexity index is 562. The number of hydrogen-bond donors (Lipinski definition) is 2. The molecule has 0 aliphatic heterocycles. The summed E-state index contributed by atoms with van der Waals surface area (Å²) in [4.78, 5) is 4.39. The van der Waals surface area contributed by atoms with Gasteiger partial charge >= 0.3 is 0 Å². The summed E-state index contributed by atoms with van der Waals surface area (Å²) in [5.41, 5.74) is 0.188. The van der Waals surface area contributed by atoms with Gasteiger partial charge in [-0.3, -0.25) is 0 Å². The average molecular weight is 311 g/mol. The minimum atomic E-state index is -0.589. The van der Waals surface area contributed by atoms with Crippen molar-refractivity contribution in [3.63, 3.8) is 0 Å². The maximum atomic E-state index is 10.2. The van der Waals surface area contributed by atoms with Crippen LogP contribution in [-0.2, 0) is 0 Å². The number of hydrogen-bond acceptors (Lipinski definition) is 4. The third-order valence-corrected chi connectivity index (χ3v) is 4.04. The quantitative estimate of drug-likeness (QED) is 0.912. The molecule has 2 aromatic rings. The van der Waals surface area contributed by atoms with Gasteiger partial charge in [-0.05, 0) is 40.9 Å². The van der Waals surface area contributed by atoms with Crippen LogP contribution in [0.15, 0.2) is 22.8 Å². The van der Waals surface area contributed by atoms with Crippen LogP contribution in [0.25, 0.3) is 5.65 Å². The lowest BCUT2D eigenvalue weighted by atomic mass is 10.0. The smallest absolute Gasteiger partial charge is 0.243 e. The topological polar surface area (TPSA) is 62.5 Å². The molecule has 1 fully saturated rings. The zero-order chi connectivity index (χ0) is 12.6. The van der Waals surface area contributed by atoms with E-state index >= 15 is 0 Å². The zero-order valence-corrected chi connectivity index (χ0v) is 11.5. The van der Waals surface area contributed by atoms with Crippen molar-refractivity contribution >= 4 is 27.5 Å². The molecule has 1 saturated carbocycles. The molecule has 0 spiro atoms. The van der Waals surface area contributed by atoms with E-state index in [2.05, 4.69) is 31.3 Å². The molecule has 0 atom stereocenters. The van der Waals surface area contributed by atoms with Crippen LogP contribution < -0.4 is 5.32 Å². The third kappa shape index (κ3) is 2.22. The van der Waals surface area contributed by atoms with Crippen LogP contribution in [0.2, 0.25) is 0 Å². The van der Waals surface area contributed by atoms with Crippen molar-refractivity contribution in [2.45, 2.75) is 31.3 Å². The molecular formula is C12H15BrN4O. The number of aromatic nitrogens is 3. The fraction of sp³-hybridized carbons (Fsp3) is 0.500. The van der Waals surface area contributed by atoms with E-state index in [1.165, 1.54) is 0 Å². The first kappa shape index (κ1) is 11.9. The molecule has 0 saturated heterocycles. The summed E-state index contributed by atoms with van der Waals surface area (Å²) in [6.07, 6.45) is 5.77. The highest BCUT2D eigenvalue weighted by Gasteiger charge is 2.31. The molecule has 18 heavy (non-hydrogen) atoms. The van der Waals surface area contributed by atoms with Crippen LogP contribution >= 0.6 is 15.9 Å². The fourth-order valence-corrected chi connectivity index (χ4v) is 2.82. The second-order valence-corrected chi connectivity index (χ2v) is 5.70. The molecule has 2 heterocycles. The van der Waals surface area contributed by atoms with Crippen molar-refractivity contribution in [2.75, 3.05) is 11.9 Å². The van der Waals surface area contributed by atoms with Crippen molar-refractivity contribution < 1.29 is 5.11 Å². The van der Waals surface area contributed by atoms with Gasteiger partial charge in [0, 0.05) is 12.7 Å². The molecule has 1 aliphatic rings. The van der Waals surface area contributed by atoms with Gasteiger partial charge in [-0.1, -0.05) is 12.8 Å². The van der Waals surface area contributed by atoms with Crippen LogP contribution in [0.5, 0.6) is 0 Å². The highest BCUT2D eigenvalue weighted by atomic mass is 79.9. The van der Waals surface area contributed by atoms with Crippen LogP contribution in [0.4, 0.5) is 5.95 Å². The number of nitrogens with zero attached hydrogens (tertiary/aromatic N) is 3. The van der Waals surface area contributed by atoms with Gasteiger partial charge < -0.3 is 10.4 Å². The average Bonchev–Trinajstić information content (AvgIpc) is 2.94. The van der Waals surface area contributed by atoms with Gasteiger partial charge in [-0.2, -0.15) is 4.98 Å². The lowest BCUT2D eigenvalue weighted by molar-refractivity contribution is 0.0613. The molecule has 0 amide bonds. The minimum absolute atomic E-state index is 0.515. The summed E-state index contributed by atoms with van der Waals surface area (Å²) in [6, 6.07) is 3.83. The molecule has 1 aliphatic carbocycles. The van der Waals surface area contributed by atoms with Crippen molar-refractivity contribution in [1.29, 1.82) is 0 Å². The van der Waals surface area contributed by atoms with E-state index < -0.39 is 5.60 Å². The number of halogens is 1. The normalized spacial score (nSPS) is 18.3. The number of anilines is 1.